The quantitative estimate of drug-likeness (QED) is 0.800. The predicted molar refractivity (Wildman–Crippen MR) is 75.7 cm³/mol. The standard InChI is InChI=1S/C13H12N4O2S/c1-7-3-8(2)12-9(17-19-10(12)4-7)5-11(18)15-13-16-14-6-20-13/h3-4,6H,5H2,1-2H3,(H,15,16,18). The van der Waals surface area contributed by atoms with Crippen LogP contribution in [-0.2, 0) is 11.2 Å². The molecule has 0 saturated carbocycles. The van der Waals surface area contributed by atoms with Crippen molar-refractivity contribution >= 4 is 33.3 Å². The van der Waals surface area contributed by atoms with Crippen molar-refractivity contribution in [1.29, 1.82) is 0 Å². The van der Waals surface area contributed by atoms with Gasteiger partial charge in [-0.25, -0.2) is 0 Å². The summed E-state index contributed by atoms with van der Waals surface area (Å²) in [5, 5.41) is 15.5. The van der Waals surface area contributed by atoms with Crippen molar-refractivity contribution in [3.05, 3.63) is 34.5 Å². The summed E-state index contributed by atoms with van der Waals surface area (Å²) in [4.78, 5) is 11.9. The minimum absolute atomic E-state index is 0.149. The molecule has 0 saturated heterocycles. The van der Waals surface area contributed by atoms with E-state index >= 15 is 0 Å². The van der Waals surface area contributed by atoms with Crippen LogP contribution in [0.2, 0.25) is 0 Å². The molecule has 0 aliphatic rings. The number of aromatic nitrogens is 3. The van der Waals surface area contributed by atoms with Gasteiger partial charge in [-0.3, -0.25) is 4.79 Å². The van der Waals surface area contributed by atoms with Gasteiger partial charge in [-0.1, -0.05) is 22.6 Å². The SMILES string of the molecule is Cc1cc(C)c2c(CC(=O)Nc3nncs3)noc2c1. The number of carbonyl (C=O) groups is 1. The molecule has 2 heterocycles. The van der Waals surface area contributed by atoms with E-state index in [4.69, 9.17) is 4.52 Å². The van der Waals surface area contributed by atoms with Gasteiger partial charge < -0.3 is 9.84 Å². The molecule has 0 radical (unpaired) electrons. The van der Waals surface area contributed by atoms with E-state index in [-0.39, 0.29) is 12.3 Å². The molecule has 0 fully saturated rings. The van der Waals surface area contributed by atoms with E-state index in [2.05, 4.69) is 20.7 Å². The van der Waals surface area contributed by atoms with Crippen LogP contribution < -0.4 is 5.32 Å². The van der Waals surface area contributed by atoms with Crippen LogP contribution in [0.5, 0.6) is 0 Å². The largest absolute Gasteiger partial charge is 0.356 e. The Bertz CT molecular complexity index is 764. The number of rotatable bonds is 3. The number of aryl methyl sites for hydroxylation is 2. The highest BCUT2D eigenvalue weighted by atomic mass is 32.1. The maximum atomic E-state index is 11.9. The second-order valence-corrected chi connectivity index (χ2v) is 5.39. The van der Waals surface area contributed by atoms with Crippen molar-refractivity contribution in [1.82, 2.24) is 15.4 Å². The van der Waals surface area contributed by atoms with Gasteiger partial charge in [-0.15, -0.1) is 10.2 Å². The zero-order chi connectivity index (χ0) is 14.1. The molecule has 102 valence electrons. The molecule has 1 aromatic carbocycles. The van der Waals surface area contributed by atoms with E-state index in [1.54, 1.807) is 5.51 Å². The molecule has 1 amide bonds. The zero-order valence-electron chi connectivity index (χ0n) is 11.0. The number of benzene rings is 1. The van der Waals surface area contributed by atoms with Gasteiger partial charge in [0, 0.05) is 5.39 Å². The van der Waals surface area contributed by atoms with E-state index in [0.29, 0.717) is 16.4 Å². The fraction of sp³-hybridized carbons (Fsp3) is 0.231. The number of anilines is 1. The highest BCUT2D eigenvalue weighted by Gasteiger charge is 2.15. The number of fused-ring (bicyclic) bond motifs is 1. The fourth-order valence-electron chi connectivity index (χ4n) is 2.18. The van der Waals surface area contributed by atoms with E-state index in [0.717, 1.165) is 16.5 Å². The van der Waals surface area contributed by atoms with Gasteiger partial charge in [-0.2, -0.15) is 0 Å². The van der Waals surface area contributed by atoms with Gasteiger partial charge in [-0.05, 0) is 31.0 Å². The average molecular weight is 288 g/mol. The van der Waals surface area contributed by atoms with Gasteiger partial charge in [0.2, 0.25) is 11.0 Å². The smallest absolute Gasteiger partial charge is 0.232 e. The molecule has 0 unspecified atom stereocenters. The molecule has 6 nitrogen and oxygen atoms in total. The molecular formula is C13H12N4O2S. The maximum absolute atomic E-state index is 11.9. The summed E-state index contributed by atoms with van der Waals surface area (Å²) in [6, 6.07) is 3.97. The second-order valence-electron chi connectivity index (χ2n) is 4.55. The zero-order valence-corrected chi connectivity index (χ0v) is 11.8. The van der Waals surface area contributed by atoms with Gasteiger partial charge in [0.05, 0.1) is 6.42 Å². The Balaban J connectivity index is 1.86. The Morgan fingerprint density at radius 3 is 3.00 bits per heavy atom. The minimum Gasteiger partial charge on any atom is -0.356 e. The Hall–Kier alpha value is -2.28. The molecule has 1 N–H and O–H groups in total. The molecule has 0 aliphatic heterocycles. The third kappa shape index (κ3) is 2.39. The lowest BCUT2D eigenvalue weighted by Crippen LogP contribution is -2.14. The Labute approximate surface area is 118 Å². The topological polar surface area (TPSA) is 80.9 Å². The molecule has 7 heteroatoms. The van der Waals surface area contributed by atoms with Crippen LogP contribution in [0, 0.1) is 13.8 Å². The molecule has 0 aliphatic carbocycles. The first-order valence-electron chi connectivity index (χ1n) is 6.05. The summed E-state index contributed by atoms with van der Waals surface area (Å²) < 4.78 is 5.29. The first kappa shape index (κ1) is 12.7. The second kappa shape index (κ2) is 5.01. The molecule has 3 aromatic rings. The Morgan fingerprint density at radius 2 is 2.25 bits per heavy atom. The third-order valence-electron chi connectivity index (χ3n) is 2.92. The third-order valence-corrected chi connectivity index (χ3v) is 3.53. The molecule has 20 heavy (non-hydrogen) atoms. The average Bonchev–Trinajstić information content (AvgIpc) is 2.99. The van der Waals surface area contributed by atoms with Crippen LogP contribution in [-0.4, -0.2) is 21.3 Å². The summed E-state index contributed by atoms with van der Waals surface area (Å²) >= 11 is 1.27. The van der Waals surface area contributed by atoms with Gasteiger partial charge in [0.15, 0.2) is 5.58 Å². The number of hydrogen-bond acceptors (Lipinski definition) is 6. The van der Waals surface area contributed by atoms with E-state index in [1.807, 2.05) is 26.0 Å². The molecule has 3 rings (SSSR count). The number of hydrogen-bond donors (Lipinski definition) is 1. The monoisotopic (exact) mass is 288 g/mol. The van der Waals surface area contributed by atoms with Crippen LogP contribution >= 0.6 is 11.3 Å². The molecule has 2 aromatic heterocycles. The van der Waals surface area contributed by atoms with E-state index < -0.39 is 0 Å². The molecule has 0 spiro atoms. The van der Waals surface area contributed by atoms with Crippen molar-refractivity contribution in [2.45, 2.75) is 20.3 Å². The van der Waals surface area contributed by atoms with Gasteiger partial charge in [0.1, 0.15) is 11.2 Å². The molecule has 0 atom stereocenters. The van der Waals surface area contributed by atoms with Gasteiger partial charge >= 0.3 is 0 Å². The number of carbonyl (C=O) groups excluding carboxylic acids is 1. The number of nitrogens with zero attached hydrogens (tertiary/aromatic N) is 3. The van der Waals surface area contributed by atoms with Crippen LogP contribution in [0.4, 0.5) is 5.13 Å². The highest BCUT2D eigenvalue weighted by Crippen LogP contribution is 2.24. The maximum Gasteiger partial charge on any atom is 0.232 e. The lowest BCUT2D eigenvalue weighted by Gasteiger charge is -2.01. The summed E-state index contributed by atoms with van der Waals surface area (Å²) in [6.07, 6.45) is 0.149. The lowest BCUT2D eigenvalue weighted by molar-refractivity contribution is -0.115. The van der Waals surface area contributed by atoms with Crippen molar-refractivity contribution in [3.63, 3.8) is 0 Å². The van der Waals surface area contributed by atoms with E-state index in [9.17, 15) is 4.79 Å². The van der Waals surface area contributed by atoms with Crippen LogP contribution in [0.3, 0.4) is 0 Å². The van der Waals surface area contributed by atoms with Crippen molar-refractivity contribution < 1.29 is 9.32 Å². The van der Waals surface area contributed by atoms with Crippen molar-refractivity contribution in [2.24, 2.45) is 0 Å². The predicted octanol–water partition coefficient (Wildman–Crippen LogP) is 2.48. The van der Waals surface area contributed by atoms with Crippen LogP contribution in [0.15, 0.2) is 22.2 Å². The summed E-state index contributed by atoms with van der Waals surface area (Å²) in [5.41, 5.74) is 5.07. The summed E-state index contributed by atoms with van der Waals surface area (Å²) in [6.45, 7) is 3.98. The first-order chi connectivity index (χ1) is 9.63. The van der Waals surface area contributed by atoms with Gasteiger partial charge in [0.25, 0.3) is 0 Å². The molecular weight excluding hydrogens is 276 g/mol. The Kier molecular flexibility index (Phi) is 3.19. The van der Waals surface area contributed by atoms with Crippen molar-refractivity contribution in [2.75, 3.05) is 5.32 Å². The highest BCUT2D eigenvalue weighted by molar-refractivity contribution is 7.13. The normalized spacial score (nSPS) is 10.9. The lowest BCUT2D eigenvalue weighted by atomic mass is 10.0. The van der Waals surface area contributed by atoms with Crippen molar-refractivity contribution in [3.8, 4) is 0 Å². The number of amides is 1. The number of nitrogens with one attached hydrogen (secondary N) is 1. The summed E-state index contributed by atoms with van der Waals surface area (Å²) in [7, 11) is 0. The Morgan fingerprint density at radius 1 is 1.40 bits per heavy atom. The van der Waals surface area contributed by atoms with Crippen LogP contribution in [0.25, 0.3) is 11.0 Å². The fourth-order valence-corrected chi connectivity index (χ4v) is 2.65. The minimum atomic E-state index is -0.183. The molecule has 0 bridgehead atoms. The van der Waals surface area contributed by atoms with E-state index in [1.165, 1.54) is 11.3 Å². The summed E-state index contributed by atoms with van der Waals surface area (Å²) in [5.74, 6) is -0.183. The first-order valence-corrected chi connectivity index (χ1v) is 6.93. The van der Waals surface area contributed by atoms with Crippen LogP contribution in [0.1, 0.15) is 16.8 Å².